The molecule has 1 amide bonds. The number of carbonyl (C=O) groups is 2. The fourth-order valence-electron chi connectivity index (χ4n) is 1.83. The Kier molecular flexibility index (Phi) is 6.41. The third-order valence-electron chi connectivity index (χ3n) is 3.08. The van der Waals surface area contributed by atoms with Crippen molar-refractivity contribution in [3.05, 3.63) is 70.2 Å². The number of benzene rings is 2. The van der Waals surface area contributed by atoms with Gasteiger partial charge in [0, 0.05) is 6.08 Å². The molecule has 2 aromatic rings. The standard InChI is InChI=1S/C18H15Cl2NO3/c1-12(18(23)21-15-9-5-8-14(19)17(15)20)24-16(22)11-10-13-6-3-2-4-7-13/h2-12H,1H3,(H,21,23)/b11-10+/t12-/m1/s1. The molecule has 0 spiro atoms. The van der Waals surface area contributed by atoms with Crippen LogP contribution < -0.4 is 5.32 Å². The molecule has 6 heteroatoms. The van der Waals surface area contributed by atoms with Gasteiger partial charge in [-0.05, 0) is 30.7 Å². The van der Waals surface area contributed by atoms with Crippen LogP contribution in [0.15, 0.2) is 54.6 Å². The number of hydrogen-bond acceptors (Lipinski definition) is 3. The van der Waals surface area contributed by atoms with Gasteiger partial charge in [0.1, 0.15) is 0 Å². The van der Waals surface area contributed by atoms with Gasteiger partial charge >= 0.3 is 5.97 Å². The van der Waals surface area contributed by atoms with E-state index < -0.39 is 18.0 Å². The number of hydrogen-bond donors (Lipinski definition) is 1. The first-order valence-corrected chi connectivity index (χ1v) is 7.91. The highest BCUT2D eigenvalue weighted by Crippen LogP contribution is 2.29. The van der Waals surface area contributed by atoms with Crippen LogP contribution in [0.5, 0.6) is 0 Å². The van der Waals surface area contributed by atoms with Crippen molar-refractivity contribution >= 4 is 46.8 Å². The minimum absolute atomic E-state index is 0.231. The maximum atomic E-state index is 12.1. The van der Waals surface area contributed by atoms with Crippen molar-refractivity contribution in [1.29, 1.82) is 0 Å². The molecule has 0 unspecified atom stereocenters. The van der Waals surface area contributed by atoms with E-state index in [2.05, 4.69) is 5.32 Å². The van der Waals surface area contributed by atoms with Crippen molar-refractivity contribution in [3.63, 3.8) is 0 Å². The van der Waals surface area contributed by atoms with Gasteiger partial charge in [-0.2, -0.15) is 0 Å². The highest BCUT2D eigenvalue weighted by atomic mass is 35.5. The molecular formula is C18H15Cl2NO3. The zero-order valence-electron chi connectivity index (χ0n) is 12.8. The Balaban J connectivity index is 1.92. The first kappa shape index (κ1) is 18.0. The first-order chi connectivity index (χ1) is 11.5. The summed E-state index contributed by atoms with van der Waals surface area (Å²) < 4.78 is 5.06. The summed E-state index contributed by atoms with van der Waals surface area (Å²) >= 11 is 11.9. The van der Waals surface area contributed by atoms with Gasteiger partial charge in [0.15, 0.2) is 6.10 Å². The van der Waals surface area contributed by atoms with Crippen molar-refractivity contribution in [2.75, 3.05) is 5.32 Å². The highest BCUT2D eigenvalue weighted by Gasteiger charge is 2.18. The van der Waals surface area contributed by atoms with Gasteiger partial charge in [0.05, 0.1) is 15.7 Å². The number of esters is 1. The molecule has 0 aliphatic carbocycles. The molecule has 0 aliphatic heterocycles. The van der Waals surface area contributed by atoms with Crippen molar-refractivity contribution in [3.8, 4) is 0 Å². The van der Waals surface area contributed by atoms with Crippen LogP contribution in [0.2, 0.25) is 10.0 Å². The molecule has 0 heterocycles. The van der Waals surface area contributed by atoms with Crippen LogP contribution in [-0.2, 0) is 14.3 Å². The zero-order chi connectivity index (χ0) is 17.5. The van der Waals surface area contributed by atoms with Crippen LogP contribution >= 0.6 is 23.2 Å². The molecule has 124 valence electrons. The normalized spacial score (nSPS) is 12.0. The van der Waals surface area contributed by atoms with Crippen LogP contribution in [0.4, 0.5) is 5.69 Å². The van der Waals surface area contributed by atoms with Crippen molar-refractivity contribution < 1.29 is 14.3 Å². The van der Waals surface area contributed by atoms with E-state index in [0.717, 1.165) is 5.56 Å². The number of carbonyl (C=O) groups excluding carboxylic acids is 2. The van der Waals surface area contributed by atoms with Crippen molar-refractivity contribution in [1.82, 2.24) is 0 Å². The van der Waals surface area contributed by atoms with Crippen LogP contribution in [0.1, 0.15) is 12.5 Å². The molecule has 24 heavy (non-hydrogen) atoms. The average Bonchev–Trinajstić information content (AvgIpc) is 2.58. The Morgan fingerprint density at radius 3 is 2.50 bits per heavy atom. The summed E-state index contributed by atoms with van der Waals surface area (Å²) in [5.41, 5.74) is 1.22. The van der Waals surface area contributed by atoms with E-state index in [-0.39, 0.29) is 5.02 Å². The van der Waals surface area contributed by atoms with Crippen LogP contribution in [0.25, 0.3) is 6.08 Å². The minimum atomic E-state index is -0.979. The Morgan fingerprint density at radius 1 is 1.08 bits per heavy atom. The van der Waals surface area contributed by atoms with Crippen molar-refractivity contribution in [2.45, 2.75) is 13.0 Å². The summed E-state index contributed by atoms with van der Waals surface area (Å²) in [6, 6.07) is 14.2. The van der Waals surface area contributed by atoms with E-state index >= 15 is 0 Å². The maximum absolute atomic E-state index is 12.1. The van der Waals surface area contributed by atoms with Gasteiger partial charge < -0.3 is 10.1 Å². The Labute approximate surface area is 150 Å². The number of halogens is 2. The SMILES string of the molecule is C[C@@H](OC(=O)/C=C/c1ccccc1)C(=O)Nc1cccc(Cl)c1Cl. The van der Waals surface area contributed by atoms with Gasteiger partial charge in [-0.25, -0.2) is 4.79 Å². The van der Waals surface area contributed by atoms with Crippen LogP contribution in [0, 0.1) is 0 Å². The third kappa shape index (κ3) is 5.11. The summed E-state index contributed by atoms with van der Waals surface area (Å²) in [5.74, 6) is -1.11. The van der Waals surface area contributed by atoms with E-state index in [1.54, 1.807) is 24.3 Å². The van der Waals surface area contributed by atoms with E-state index in [4.69, 9.17) is 27.9 Å². The summed E-state index contributed by atoms with van der Waals surface area (Å²) in [5, 5.41) is 3.13. The molecule has 1 atom stereocenters. The second-order valence-corrected chi connectivity index (χ2v) is 5.70. The molecule has 1 N–H and O–H groups in total. The second kappa shape index (κ2) is 8.52. The summed E-state index contributed by atoms with van der Waals surface area (Å²) in [7, 11) is 0. The lowest BCUT2D eigenvalue weighted by Crippen LogP contribution is -2.29. The summed E-state index contributed by atoms with van der Waals surface area (Å²) in [6.45, 7) is 1.47. The number of nitrogens with one attached hydrogen (secondary N) is 1. The molecule has 0 saturated heterocycles. The topological polar surface area (TPSA) is 55.4 Å². The molecule has 0 bridgehead atoms. The summed E-state index contributed by atoms with van der Waals surface area (Å²) in [4.78, 5) is 23.8. The van der Waals surface area contributed by atoms with Gasteiger partial charge in [0.2, 0.25) is 0 Å². The first-order valence-electron chi connectivity index (χ1n) is 7.16. The maximum Gasteiger partial charge on any atom is 0.331 e. The minimum Gasteiger partial charge on any atom is -0.449 e. The largest absolute Gasteiger partial charge is 0.449 e. The van der Waals surface area contributed by atoms with Crippen molar-refractivity contribution in [2.24, 2.45) is 0 Å². The van der Waals surface area contributed by atoms with Gasteiger partial charge in [-0.15, -0.1) is 0 Å². The van der Waals surface area contributed by atoms with E-state index in [1.807, 2.05) is 30.3 Å². The zero-order valence-corrected chi connectivity index (χ0v) is 14.3. The lowest BCUT2D eigenvalue weighted by Gasteiger charge is -2.13. The Morgan fingerprint density at radius 2 is 1.79 bits per heavy atom. The van der Waals surface area contributed by atoms with Gasteiger partial charge in [-0.3, -0.25) is 4.79 Å². The molecular weight excluding hydrogens is 349 g/mol. The fraction of sp³-hybridized carbons (Fsp3) is 0.111. The molecule has 0 saturated carbocycles. The van der Waals surface area contributed by atoms with E-state index in [0.29, 0.717) is 10.7 Å². The lowest BCUT2D eigenvalue weighted by molar-refractivity contribution is -0.148. The lowest BCUT2D eigenvalue weighted by atomic mass is 10.2. The predicted molar refractivity (Wildman–Crippen MR) is 96.1 cm³/mol. The Hall–Kier alpha value is -2.30. The van der Waals surface area contributed by atoms with Crippen LogP contribution in [-0.4, -0.2) is 18.0 Å². The number of rotatable bonds is 5. The third-order valence-corrected chi connectivity index (χ3v) is 3.90. The number of amides is 1. The molecule has 0 aromatic heterocycles. The summed E-state index contributed by atoms with van der Waals surface area (Å²) in [6.07, 6.45) is 1.90. The molecule has 2 rings (SSSR count). The van der Waals surface area contributed by atoms with Gasteiger partial charge in [-0.1, -0.05) is 59.6 Å². The molecule has 4 nitrogen and oxygen atoms in total. The predicted octanol–water partition coefficient (Wildman–Crippen LogP) is 4.58. The fourth-order valence-corrected chi connectivity index (χ4v) is 2.18. The van der Waals surface area contributed by atoms with Gasteiger partial charge in [0.25, 0.3) is 5.91 Å². The Bertz CT molecular complexity index is 760. The second-order valence-electron chi connectivity index (χ2n) is 4.91. The molecule has 0 aliphatic rings. The number of anilines is 1. The smallest absolute Gasteiger partial charge is 0.331 e. The van der Waals surface area contributed by atoms with E-state index in [9.17, 15) is 9.59 Å². The monoisotopic (exact) mass is 363 g/mol. The van der Waals surface area contributed by atoms with Crippen LogP contribution in [0.3, 0.4) is 0 Å². The molecule has 0 fully saturated rings. The highest BCUT2D eigenvalue weighted by molar-refractivity contribution is 6.44. The average molecular weight is 364 g/mol. The van der Waals surface area contributed by atoms with E-state index in [1.165, 1.54) is 13.0 Å². The molecule has 0 radical (unpaired) electrons. The molecule has 2 aromatic carbocycles. The number of ether oxygens (including phenoxy) is 1. The quantitative estimate of drug-likeness (QED) is 0.624.